The maximum Gasteiger partial charge on any atom is 0.221 e. The molecule has 20 heavy (non-hydrogen) atoms. The van der Waals surface area contributed by atoms with Crippen molar-refractivity contribution in [3.05, 3.63) is 0 Å². The second-order valence-corrected chi connectivity index (χ2v) is 5.09. The molecule has 4 unspecified atom stereocenters. The minimum absolute atomic E-state index is 0.586. The molecule has 0 aliphatic carbocycles. The monoisotopic (exact) mass is 298 g/mol. The van der Waals surface area contributed by atoms with E-state index in [1.165, 1.54) is 6.92 Å². The molecule has 9 nitrogen and oxygen atoms in total. The van der Waals surface area contributed by atoms with Gasteiger partial charge in [0.15, 0.2) is 0 Å². The summed E-state index contributed by atoms with van der Waals surface area (Å²) in [6, 6.07) is 0. The van der Waals surface area contributed by atoms with Crippen LogP contribution in [0.2, 0.25) is 0 Å². The van der Waals surface area contributed by atoms with Crippen LogP contribution in [0.5, 0.6) is 0 Å². The Bertz CT molecular complexity index is 310. The van der Waals surface area contributed by atoms with Gasteiger partial charge in [-0.2, -0.15) is 0 Å². The normalized spacial score (nSPS) is 38.7. The van der Waals surface area contributed by atoms with Gasteiger partial charge < -0.3 is 45.2 Å². The van der Waals surface area contributed by atoms with Crippen molar-refractivity contribution in [2.75, 3.05) is 26.4 Å². The van der Waals surface area contributed by atoms with Gasteiger partial charge in [0.25, 0.3) is 0 Å². The number of hydrogen-bond donors (Lipinski definition) is 7. The van der Waals surface area contributed by atoms with Crippen LogP contribution < -0.4 is 0 Å². The highest BCUT2D eigenvalue weighted by molar-refractivity contribution is 4.97. The quantitative estimate of drug-likeness (QED) is 0.248. The Balaban J connectivity index is 2.77. The Morgan fingerprint density at radius 1 is 1.30 bits per heavy atom. The predicted octanol–water partition coefficient (Wildman–Crippen LogP) is -4.09. The molecule has 1 aliphatic rings. The first-order valence-corrected chi connectivity index (χ1v) is 6.15. The van der Waals surface area contributed by atoms with Gasteiger partial charge in [0, 0.05) is 0 Å². The summed E-state index contributed by atoms with van der Waals surface area (Å²) < 4.78 is 10.2. The van der Waals surface area contributed by atoms with E-state index in [9.17, 15) is 25.5 Å². The summed E-state index contributed by atoms with van der Waals surface area (Å²) >= 11 is 0. The van der Waals surface area contributed by atoms with Crippen molar-refractivity contribution in [3.8, 4) is 0 Å². The van der Waals surface area contributed by atoms with Crippen LogP contribution in [0.25, 0.3) is 0 Å². The molecule has 7 N–H and O–H groups in total. The molecule has 0 aromatic heterocycles. The van der Waals surface area contributed by atoms with E-state index in [-0.39, 0.29) is 0 Å². The predicted molar refractivity (Wildman–Crippen MR) is 63.5 cm³/mol. The largest absolute Gasteiger partial charge is 0.394 e. The van der Waals surface area contributed by atoms with Crippen LogP contribution in [0, 0.1) is 0 Å². The van der Waals surface area contributed by atoms with Gasteiger partial charge in [-0.15, -0.1) is 0 Å². The Kier molecular flexibility index (Phi) is 5.84. The molecule has 1 aliphatic heterocycles. The summed E-state index contributed by atoms with van der Waals surface area (Å²) in [6.45, 7) is -1.56. The van der Waals surface area contributed by atoms with Crippen LogP contribution in [0.15, 0.2) is 0 Å². The highest BCUT2D eigenvalue weighted by Crippen LogP contribution is 2.33. The van der Waals surface area contributed by atoms with E-state index in [0.717, 1.165) is 0 Å². The lowest BCUT2D eigenvalue weighted by molar-refractivity contribution is -0.295. The molecule has 1 fully saturated rings. The third kappa shape index (κ3) is 3.27. The molecule has 1 rings (SSSR count). The number of aliphatic hydroxyl groups excluding tert-OH is 6. The minimum Gasteiger partial charge on any atom is -0.394 e. The van der Waals surface area contributed by atoms with E-state index in [4.69, 9.17) is 19.7 Å². The molecular formula is C11H22O9. The fourth-order valence-electron chi connectivity index (χ4n) is 1.86. The molecule has 0 bridgehead atoms. The van der Waals surface area contributed by atoms with Crippen LogP contribution >= 0.6 is 0 Å². The van der Waals surface area contributed by atoms with Crippen molar-refractivity contribution >= 4 is 0 Å². The smallest absolute Gasteiger partial charge is 0.221 e. The number of aliphatic hydroxyl groups is 7. The molecular weight excluding hydrogens is 276 g/mol. The Morgan fingerprint density at radius 3 is 2.30 bits per heavy atom. The summed E-state index contributed by atoms with van der Waals surface area (Å²) in [5.74, 6) is -2.02. The van der Waals surface area contributed by atoms with Crippen molar-refractivity contribution in [2.24, 2.45) is 0 Å². The fourth-order valence-corrected chi connectivity index (χ4v) is 1.86. The third-order valence-corrected chi connectivity index (χ3v) is 3.41. The molecule has 9 heteroatoms. The lowest BCUT2D eigenvalue weighted by Crippen LogP contribution is -2.54. The van der Waals surface area contributed by atoms with E-state index >= 15 is 0 Å². The van der Waals surface area contributed by atoms with Gasteiger partial charge in [0.2, 0.25) is 5.79 Å². The lowest BCUT2D eigenvalue weighted by atomic mass is 10.0. The van der Waals surface area contributed by atoms with Crippen molar-refractivity contribution in [1.82, 2.24) is 0 Å². The van der Waals surface area contributed by atoms with E-state index in [2.05, 4.69) is 0 Å². The van der Waals surface area contributed by atoms with E-state index < -0.39 is 62.2 Å². The first kappa shape index (κ1) is 17.7. The van der Waals surface area contributed by atoms with Gasteiger partial charge in [0.1, 0.15) is 36.6 Å². The topological polar surface area (TPSA) is 160 Å². The van der Waals surface area contributed by atoms with Gasteiger partial charge in [-0.25, -0.2) is 0 Å². The van der Waals surface area contributed by atoms with Gasteiger partial charge in [-0.1, -0.05) is 0 Å². The van der Waals surface area contributed by atoms with E-state index in [1.807, 2.05) is 0 Å². The molecule has 1 heterocycles. The van der Waals surface area contributed by atoms with Gasteiger partial charge >= 0.3 is 0 Å². The molecule has 120 valence electrons. The fraction of sp³-hybridized carbons (Fsp3) is 1.00. The summed E-state index contributed by atoms with van der Waals surface area (Å²) in [4.78, 5) is 0. The zero-order valence-corrected chi connectivity index (χ0v) is 11.1. The molecule has 0 amide bonds. The summed E-state index contributed by atoms with van der Waals surface area (Å²) in [5.41, 5.74) is -1.86. The zero-order valence-electron chi connectivity index (χ0n) is 11.1. The highest BCUT2D eigenvalue weighted by atomic mass is 16.7. The van der Waals surface area contributed by atoms with Crippen molar-refractivity contribution in [1.29, 1.82) is 0 Å². The zero-order chi connectivity index (χ0) is 15.6. The molecule has 6 atom stereocenters. The summed E-state index contributed by atoms with van der Waals surface area (Å²) in [7, 11) is 0. The second kappa shape index (κ2) is 6.60. The lowest BCUT2D eigenvalue weighted by Gasteiger charge is -2.35. The molecule has 0 spiro atoms. The van der Waals surface area contributed by atoms with Gasteiger partial charge in [-0.3, -0.25) is 0 Å². The van der Waals surface area contributed by atoms with Crippen molar-refractivity contribution < 1.29 is 45.2 Å². The Labute approximate surface area is 115 Å². The third-order valence-electron chi connectivity index (χ3n) is 3.41. The van der Waals surface area contributed by atoms with Gasteiger partial charge in [-0.05, 0) is 6.92 Å². The first-order chi connectivity index (χ1) is 9.24. The van der Waals surface area contributed by atoms with Crippen LogP contribution in [0.1, 0.15) is 6.92 Å². The first-order valence-electron chi connectivity index (χ1n) is 6.15. The maximum absolute atomic E-state index is 9.86. The molecule has 1 saturated heterocycles. The molecule has 0 radical (unpaired) electrons. The molecule has 0 saturated carbocycles. The van der Waals surface area contributed by atoms with Gasteiger partial charge in [0.05, 0.1) is 19.8 Å². The number of rotatable bonds is 7. The summed E-state index contributed by atoms with van der Waals surface area (Å²) in [5, 5.41) is 65.8. The SMILES string of the molecule is C[C@@](O)(COC1(CO)OC(CO)C(O)C1O)[C@@H](O)CO. The average molecular weight is 298 g/mol. The highest BCUT2D eigenvalue weighted by Gasteiger charge is 2.55. The second-order valence-electron chi connectivity index (χ2n) is 5.09. The Morgan fingerprint density at radius 2 is 1.90 bits per heavy atom. The number of ether oxygens (including phenoxy) is 2. The molecule has 0 aromatic rings. The Hall–Kier alpha value is -0.360. The van der Waals surface area contributed by atoms with Crippen molar-refractivity contribution in [2.45, 2.75) is 42.7 Å². The van der Waals surface area contributed by atoms with Crippen LogP contribution in [-0.2, 0) is 9.47 Å². The summed E-state index contributed by atoms with van der Waals surface area (Å²) in [6.07, 6.45) is -5.77. The maximum atomic E-state index is 9.86. The van der Waals surface area contributed by atoms with Crippen molar-refractivity contribution in [3.63, 3.8) is 0 Å². The standard InChI is InChI=1S/C11H22O9/c1-10(18,7(15)3-13)5-19-11(4-14)9(17)8(16)6(2-12)20-11/h6-9,12-18H,2-5H2,1H3/t6?,7-,8?,9?,10+,11?/m0/s1. The van der Waals surface area contributed by atoms with E-state index in [1.54, 1.807) is 0 Å². The van der Waals surface area contributed by atoms with Crippen LogP contribution in [0.3, 0.4) is 0 Å². The minimum atomic E-state index is -2.02. The van der Waals surface area contributed by atoms with Crippen LogP contribution in [0.4, 0.5) is 0 Å². The van der Waals surface area contributed by atoms with Crippen LogP contribution in [-0.4, -0.2) is 98.0 Å². The molecule has 0 aromatic carbocycles. The number of hydrogen-bond acceptors (Lipinski definition) is 9. The van der Waals surface area contributed by atoms with E-state index in [0.29, 0.717) is 0 Å². The average Bonchev–Trinajstić information content (AvgIpc) is 2.69.